The molecule has 0 aliphatic heterocycles. The number of halogens is 1. The van der Waals surface area contributed by atoms with Crippen LogP contribution in [-0.4, -0.2) is 29.6 Å². The molecule has 0 spiro atoms. The van der Waals surface area contributed by atoms with Crippen molar-refractivity contribution < 1.29 is 19.5 Å². The Hall–Kier alpha value is -1.60. The van der Waals surface area contributed by atoms with Gasteiger partial charge in [0, 0.05) is 24.3 Å². The number of thiophene rings is 1. The summed E-state index contributed by atoms with van der Waals surface area (Å²) in [6, 6.07) is 3.14. The van der Waals surface area contributed by atoms with Crippen LogP contribution in [-0.2, 0) is 16.0 Å². The lowest BCUT2D eigenvalue weighted by molar-refractivity contribution is -0.137. The standard InChI is InChI=1S/C13H17ClN2O4S/c14-10-6-5-9(21-10)7-8-15-13(20)16-11(17)3-1-2-4-12(18)19/h5-6H,1-4,7-8H2,(H,18,19)(H2,15,16,17,20). The zero-order valence-electron chi connectivity index (χ0n) is 11.4. The van der Waals surface area contributed by atoms with Crippen LogP contribution in [0.4, 0.5) is 4.79 Å². The van der Waals surface area contributed by atoms with E-state index in [-0.39, 0.29) is 12.8 Å². The highest BCUT2D eigenvalue weighted by atomic mass is 35.5. The number of carboxylic acid groups (broad SMARTS) is 1. The van der Waals surface area contributed by atoms with Crippen LogP contribution < -0.4 is 10.6 Å². The number of imide groups is 1. The Morgan fingerprint density at radius 3 is 2.52 bits per heavy atom. The quantitative estimate of drug-likeness (QED) is 0.637. The van der Waals surface area contributed by atoms with Crippen molar-refractivity contribution in [2.75, 3.05) is 6.54 Å². The smallest absolute Gasteiger partial charge is 0.321 e. The van der Waals surface area contributed by atoms with Gasteiger partial charge in [-0.1, -0.05) is 11.6 Å². The number of rotatable bonds is 8. The molecule has 116 valence electrons. The van der Waals surface area contributed by atoms with E-state index in [4.69, 9.17) is 16.7 Å². The molecular formula is C13H17ClN2O4S. The van der Waals surface area contributed by atoms with Gasteiger partial charge in [0.1, 0.15) is 0 Å². The molecule has 0 unspecified atom stereocenters. The van der Waals surface area contributed by atoms with Crippen molar-refractivity contribution in [1.82, 2.24) is 10.6 Å². The number of hydrogen-bond donors (Lipinski definition) is 3. The normalized spacial score (nSPS) is 10.1. The second-order valence-corrected chi connectivity index (χ2v) is 6.16. The summed E-state index contributed by atoms with van der Waals surface area (Å²) in [6.07, 6.45) is 1.68. The highest BCUT2D eigenvalue weighted by Crippen LogP contribution is 2.21. The van der Waals surface area contributed by atoms with E-state index in [2.05, 4.69) is 10.6 Å². The second-order valence-electron chi connectivity index (χ2n) is 4.36. The topological polar surface area (TPSA) is 95.5 Å². The van der Waals surface area contributed by atoms with Gasteiger partial charge in [0.2, 0.25) is 5.91 Å². The largest absolute Gasteiger partial charge is 0.481 e. The predicted octanol–water partition coefficient (Wildman–Crippen LogP) is 2.41. The van der Waals surface area contributed by atoms with Gasteiger partial charge in [0.15, 0.2) is 0 Å². The van der Waals surface area contributed by atoms with Gasteiger partial charge in [-0.05, 0) is 31.4 Å². The van der Waals surface area contributed by atoms with Gasteiger partial charge in [-0.3, -0.25) is 14.9 Å². The molecule has 0 aliphatic carbocycles. The van der Waals surface area contributed by atoms with Gasteiger partial charge in [-0.2, -0.15) is 0 Å². The van der Waals surface area contributed by atoms with Crippen LogP contribution in [0.25, 0.3) is 0 Å². The van der Waals surface area contributed by atoms with Crippen molar-refractivity contribution in [3.63, 3.8) is 0 Å². The molecular weight excluding hydrogens is 316 g/mol. The van der Waals surface area contributed by atoms with E-state index < -0.39 is 17.9 Å². The van der Waals surface area contributed by atoms with E-state index in [1.807, 2.05) is 6.07 Å². The average Bonchev–Trinajstić information content (AvgIpc) is 2.80. The number of unbranched alkanes of at least 4 members (excludes halogenated alkanes) is 1. The Bertz CT molecular complexity index is 504. The molecule has 1 heterocycles. The molecule has 1 aromatic rings. The molecule has 0 saturated carbocycles. The van der Waals surface area contributed by atoms with Crippen LogP contribution in [0.5, 0.6) is 0 Å². The maximum atomic E-state index is 11.4. The highest BCUT2D eigenvalue weighted by molar-refractivity contribution is 7.16. The zero-order valence-corrected chi connectivity index (χ0v) is 12.9. The lowest BCUT2D eigenvalue weighted by Crippen LogP contribution is -2.40. The van der Waals surface area contributed by atoms with E-state index in [0.717, 1.165) is 4.88 Å². The average molecular weight is 333 g/mol. The predicted molar refractivity (Wildman–Crippen MR) is 80.7 cm³/mol. The minimum absolute atomic E-state index is 0.0306. The van der Waals surface area contributed by atoms with Gasteiger partial charge >= 0.3 is 12.0 Å². The molecule has 0 bridgehead atoms. The summed E-state index contributed by atoms with van der Waals surface area (Å²) in [5, 5.41) is 13.2. The summed E-state index contributed by atoms with van der Waals surface area (Å²) in [4.78, 5) is 34.2. The molecule has 0 radical (unpaired) electrons. The van der Waals surface area contributed by atoms with Gasteiger partial charge in [0.25, 0.3) is 0 Å². The SMILES string of the molecule is O=C(O)CCCCC(=O)NC(=O)NCCc1ccc(Cl)s1. The number of amides is 3. The van der Waals surface area contributed by atoms with Crippen LogP contribution in [0.3, 0.4) is 0 Å². The van der Waals surface area contributed by atoms with Gasteiger partial charge in [-0.15, -0.1) is 11.3 Å². The monoisotopic (exact) mass is 332 g/mol. The Kier molecular flexibility index (Phi) is 7.78. The summed E-state index contributed by atoms with van der Waals surface area (Å²) < 4.78 is 0.700. The summed E-state index contributed by atoms with van der Waals surface area (Å²) in [5.41, 5.74) is 0. The molecule has 0 aliphatic rings. The number of carbonyl (C=O) groups excluding carboxylic acids is 2. The minimum Gasteiger partial charge on any atom is -0.481 e. The van der Waals surface area contributed by atoms with Crippen LogP contribution in [0.1, 0.15) is 30.6 Å². The number of carbonyl (C=O) groups is 3. The molecule has 3 amide bonds. The molecule has 1 rings (SSSR count). The van der Waals surface area contributed by atoms with Gasteiger partial charge in [-0.25, -0.2) is 4.79 Å². The van der Waals surface area contributed by atoms with Crippen molar-refractivity contribution in [3.05, 3.63) is 21.3 Å². The Balaban J connectivity index is 2.09. The summed E-state index contributed by atoms with van der Waals surface area (Å²) in [5.74, 6) is -1.29. The number of nitrogens with one attached hydrogen (secondary N) is 2. The molecule has 21 heavy (non-hydrogen) atoms. The van der Waals surface area contributed by atoms with Crippen molar-refractivity contribution in [1.29, 1.82) is 0 Å². The second kappa shape index (κ2) is 9.36. The summed E-state index contributed by atoms with van der Waals surface area (Å²) in [7, 11) is 0. The lowest BCUT2D eigenvalue weighted by atomic mass is 10.2. The van der Waals surface area contributed by atoms with Crippen LogP contribution in [0.2, 0.25) is 4.34 Å². The fraction of sp³-hybridized carbons (Fsp3) is 0.462. The first-order valence-electron chi connectivity index (χ1n) is 6.51. The number of urea groups is 1. The van der Waals surface area contributed by atoms with Crippen molar-refractivity contribution >= 4 is 40.8 Å². The molecule has 0 aromatic carbocycles. The zero-order chi connectivity index (χ0) is 15.7. The number of hydrogen-bond acceptors (Lipinski definition) is 4. The lowest BCUT2D eigenvalue weighted by Gasteiger charge is -2.05. The molecule has 3 N–H and O–H groups in total. The molecule has 6 nitrogen and oxygen atoms in total. The van der Waals surface area contributed by atoms with Crippen molar-refractivity contribution in [2.24, 2.45) is 0 Å². The third-order valence-corrected chi connectivity index (χ3v) is 3.87. The van der Waals surface area contributed by atoms with E-state index in [9.17, 15) is 14.4 Å². The fourth-order valence-electron chi connectivity index (χ4n) is 1.58. The molecule has 0 saturated heterocycles. The van der Waals surface area contributed by atoms with E-state index in [1.54, 1.807) is 6.07 Å². The van der Waals surface area contributed by atoms with Gasteiger partial charge < -0.3 is 10.4 Å². The van der Waals surface area contributed by atoms with E-state index in [1.165, 1.54) is 11.3 Å². The number of carboxylic acids is 1. The Morgan fingerprint density at radius 1 is 1.19 bits per heavy atom. The summed E-state index contributed by atoms with van der Waals surface area (Å²) in [6.45, 7) is 0.412. The first kappa shape index (κ1) is 17.5. The minimum atomic E-state index is -0.887. The van der Waals surface area contributed by atoms with Crippen LogP contribution >= 0.6 is 22.9 Å². The third-order valence-electron chi connectivity index (χ3n) is 2.58. The molecule has 1 aromatic heterocycles. The molecule has 0 atom stereocenters. The van der Waals surface area contributed by atoms with Gasteiger partial charge in [0.05, 0.1) is 4.34 Å². The van der Waals surface area contributed by atoms with E-state index in [0.29, 0.717) is 30.1 Å². The fourth-order valence-corrected chi connectivity index (χ4v) is 2.67. The maximum Gasteiger partial charge on any atom is 0.321 e. The third kappa shape index (κ3) is 8.31. The molecule has 8 heteroatoms. The molecule has 0 fully saturated rings. The first-order chi connectivity index (χ1) is 9.97. The first-order valence-corrected chi connectivity index (χ1v) is 7.70. The maximum absolute atomic E-state index is 11.4. The summed E-state index contributed by atoms with van der Waals surface area (Å²) >= 11 is 7.24. The highest BCUT2D eigenvalue weighted by Gasteiger charge is 2.07. The van der Waals surface area contributed by atoms with Crippen LogP contribution in [0.15, 0.2) is 12.1 Å². The van der Waals surface area contributed by atoms with Crippen molar-refractivity contribution in [3.8, 4) is 0 Å². The Morgan fingerprint density at radius 2 is 1.90 bits per heavy atom. The number of aliphatic carboxylic acids is 1. The van der Waals surface area contributed by atoms with E-state index >= 15 is 0 Å². The van der Waals surface area contributed by atoms with Crippen LogP contribution in [0, 0.1) is 0 Å². The Labute approximate surface area is 131 Å². The van der Waals surface area contributed by atoms with Crippen molar-refractivity contribution in [2.45, 2.75) is 32.1 Å².